The summed E-state index contributed by atoms with van der Waals surface area (Å²) in [7, 11) is 0. The molecular weight excluding hydrogens is 283 g/mol. The zero-order chi connectivity index (χ0) is 12.4. The molecule has 0 saturated carbocycles. The third kappa shape index (κ3) is 2.73. The van der Waals surface area contributed by atoms with Gasteiger partial charge < -0.3 is 5.11 Å². The fourth-order valence-electron chi connectivity index (χ4n) is 1.73. The molecule has 0 aliphatic rings. The van der Waals surface area contributed by atoms with Gasteiger partial charge in [-0.15, -0.1) is 0 Å². The maximum absolute atomic E-state index is 13.2. The van der Waals surface area contributed by atoms with E-state index in [9.17, 15) is 9.50 Å². The Balaban J connectivity index is 2.39. The lowest BCUT2D eigenvalue weighted by atomic mass is 9.97. The number of hydrogen-bond donors (Lipinski definition) is 1. The Hall–Kier alpha value is -1.19. The van der Waals surface area contributed by atoms with Crippen LogP contribution in [0.15, 0.2) is 46.9 Å². The Morgan fingerprint density at radius 1 is 1.12 bits per heavy atom. The highest BCUT2D eigenvalue weighted by atomic mass is 79.9. The zero-order valence-corrected chi connectivity index (χ0v) is 10.9. The van der Waals surface area contributed by atoms with Crippen LogP contribution in [0.3, 0.4) is 0 Å². The summed E-state index contributed by atoms with van der Waals surface area (Å²) in [4.78, 5) is 0. The lowest BCUT2D eigenvalue weighted by Crippen LogP contribution is -2.02. The van der Waals surface area contributed by atoms with Gasteiger partial charge >= 0.3 is 0 Å². The molecule has 0 aromatic heterocycles. The Kier molecular flexibility index (Phi) is 3.60. The number of hydrogen-bond acceptors (Lipinski definition) is 1. The Morgan fingerprint density at radius 2 is 1.76 bits per heavy atom. The fraction of sp³-hybridized carbons (Fsp3) is 0.143. The van der Waals surface area contributed by atoms with E-state index >= 15 is 0 Å². The van der Waals surface area contributed by atoms with Crippen molar-refractivity contribution in [1.29, 1.82) is 0 Å². The molecule has 0 heterocycles. The molecule has 0 unspecified atom stereocenters. The van der Waals surface area contributed by atoms with Gasteiger partial charge in [-0.3, -0.25) is 0 Å². The smallest absolute Gasteiger partial charge is 0.123 e. The van der Waals surface area contributed by atoms with Crippen molar-refractivity contribution in [3.63, 3.8) is 0 Å². The van der Waals surface area contributed by atoms with Crippen molar-refractivity contribution >= 4 is 15.9 Å². The van der Waals surface area contributed by atoms with Crippen molar-refractivity contribution in [2.24, 2.45) is 0 Å². The minimum Gasteiger partial charge on any atom is -0.384 e. The molecule has 1 nitrogen and oxygen atoms in total. The zero-order valence-electron chi connectivity index (χ0n) is 9.32. The number of aliphatic hydroxyl groups is 1. The molecule has 0 bridgehead atoms. The molecule has 0 saturated heterocycles. The third-order valence-electron chi connectivity index (χ3n) is 2.72. The summed E-state index contributed by atoms with van der Waals surface area (Å²) in [6.45, 7) is 1.86. The highest BCUT2D eigenvalue weighted by molar-refractivity contribution is 9.10. The van der Waals surface area contributed by atoms with Crippen molar-refractivity contribution in [3.05, 3.63) is 69.4 Å². The van der Waals surface area contributed by atoms with Gasteiger partial charge in [0.05, 0.1) is 0 Å². The fourth-order valence-corrected chi connectivity index (χ4v) is 1.99. The molecule has 88 valence electrons. The number of benzene rings is 2. The van der Waals surface area contributed by atoms with Crippen LogP contribution in [0.2, 0.25) is 0 Å². The average molecular weight is 295 g/mol. The monoisotopic (exact) mass is 294 g/mol. The average Bonchev–Trinajstić information content (AvgIpc) is 2.32. The standard InChI is InChI=1S/C14H12BrFO/c1-9-2-7-12(16)8-13(9)14(17)10-3-5-11(15)6-4-10/h2-8,14,17H,1H3/t14-/m1/s1. The summed E-state index contributed by atoms with van der Waals surface area (Å²) >= 11 is 3.34. The van der Waals surface area contributed by atoms with Crippen molar-refractivity contribution in [2.75, 3.05) is 0 Å². The Bertz CT molecular complexity index is 522. The van der Waals surface area contributed by atoms with Crippen LogP contribution in [0.4, 0.5) is 4.39 Å². The highest BCUT2D eigenvalue weighted by Gasteiger charge is 2.13. The van der Waals surface area contributed by atoms with Crippen LogP contribution in [0.25, 0.3) is 0 Å². The van der Waals surface area contributed by atoms with E-state index in [2.05, 4.69) is 15.9 Å². The lowest BCUT2D eigenvalue weighted by molar-refractivity contribution is 0.219. The van der Waals surface area contributed by atoms with E-state index in [1.165, 1.54) is 12.1 Å². The number of rotatable bonds is 2. The van der Waals surface area contributed by atoms with Crippen molar-refractivity contribution < 1.29 is 9.50 Å². The van der Waals surface area contributed by atoms with E-state index < -0.39 is 6.10 Å². The van der Waals surface area contributed by atoms with Crippen LogP contribution >= 0.6 is 15.9 Å². The maximum atomic E-state index is 13.2. The van der Waals surface area contributed by atoms with E-state index in [-0.39, 0.29) is 5.82 Å². The second-order valence-corrected chi connectivity index (χ2v) is 4.87. The van der Waals surface area contributed by atoms with Gasteiger partial charge in [0.25, 0.3) is 0 Å². The van der Waals surface area contributed by atoms with Crippen LogP contribution in [0.1, 0.15) is 22.8 Å². The molecule has 0 fully saturated rings. The largest absolute Gasteiger partial charge is 0.384 e. The summed E-state index contributed by atoms with van der Waals surface area (Å²) in [6.07, 6.45) is -0.793. The Morgan fingerprint density at radius 3 is 2.41 bits per heavy atom. The van der Waals surface area contributed by atoms with Crippen LogP contribution in [0, 0.1) is 12.7 Å². The molecule has 0 spiro atoms. The van der Waals surface area contributed by atoms with Gasteiger partial charge in [0.15, 0.2) is 0 Å². The molecule has 0 aliphatic carbocycles. The lowest BCUT2D eigenvalue weighted by Gasteiger charge is -2.14. The van der Waals surface area contributed by atoms with Gasteiger partial charge in [0.1, 0.15) is 11.9 Å². The highest BCUT2D eigenvalue weighted by Crippen LogP contribution is 2.26. The first-order chi connectivity index (χ1) is 8.08. The Labute approximate surface area is 108 Å². The molecule has 1 atom stereocenters. The van der Waals surface area contributed by atoms with Gasteiger partial charge in [-0.1, -0.05) is 34.1 Å². The quantitative estimate of drug-likeness (QED) is 0.888. The molecule has 1 N–H and O–H groups in total. The summed E-state index contributed by atoms with van der Waals surface area (Å²) in [5.74, 6) is -0.332. The van der Waals surface area contributed by atoms with E-state index in [1.54, 1.807) is 6.07 Å². The van der Waals surface area contributed by atoms with E-state index in [4.69, 9.17) is 0 Å². The maximum Gasteiger partial charge on any atom is 0.123 e. The molecule has 0 amide bonds. The summed E-state index contributed by atoms with van der Waals surface area (Å²) in [5, 5.41) is 10.2. The summed E-state index contributed by atoms with van der Waals surface area (Å²) in [5.41, 5.74) is 2.23. The van der Waals surface area contributed by atoms with E-state index in [1.807, 2.05) is 31.2 Å². The number of aliphatic hydroxyl groups excluding tert-OH is 1. The predicted octanol–water partition coefficient (Wildman–Crippen LogP) is 3.98. The minimum absolute atomic E-state index is 0.332. The molecule has 2 rings (SSSR count). The summed E-state index contributed by atoms with van der Waals surface area (Å²) in [6, 6.07) is 11.8. The first kappa shape index (κ1) is 12.3. The van der Waals surface area contributed by atoms with Crippen molar-refractivity contribution in [2.45, 2.75) is 13.0 Å². The van der Waals surface area contributed by atoms with Gasteiger partial charge in [-0.25, -0.2) is 4.39 Å². The second-order valence-electron chi connectivity index (χ2n) is 3.95. The first-order valence-corrected chi connectivity index (χ1v) is 6.07. The van der Waals surface area contributed by atoms with Crippen LogP contribution in [-0.4, -0.2) is 5.11 Å². The first-order valence-electron chi connectivity index (χ1n) is 5.27. The van der Waals surface area contributed by atoms with Crippen molar-refractivity contribution in [1.82, 2.24) is 0 Å². The van der Waals surface area contributed by atoms with Crippen LogP contribution in [-0.2, 0) is 0 Å². The molecule has 3 heteroatoms. The topological polar surface area (TPSA) is 20.2 Å². The van der Waals surface area contributed by atoms with E-state index in [0.717, 1.165) is 15.6 Å². The van der Waals surface area contributed by atoms with Gasteiger partial charge in [0.2, 0.25) is 0 Å². The molecule has 0 radical (unpaired) electrons. The molecule has 2 aromatic carbocycles. The van der Waals surface area contributed by atoms with E-state index in [0.29, 0.717) is 5.56 Å². The number of aryl methyl sites for hydroxylation is 1. The van der Waals surface area contributed by atoms with Crippen molar-refractivity contribution in [3.8, 4) is 0 Å². The molecular formula is C14H12BrFO. The van der Waals surface area contributed by atoms with Crippen LogP contribution in [0.5, 0.6) is 0 Å². The normalized spacial score (nSPS) is 12.5. The minimum atomic E-state index is -0.793. The molecule has 0 aliphatic heterocycles. The third-order valence-corrected chi connectivity index (χ3v) is 3.25. The van der Waals surface area contributed by atoms with Gasteiger partial charge in [-0.05, 0) is 47.9 Å². The second kappa shape index (κ2) is 4.98. The SMILES string of the molecule is Cc1ccc(F)cc1[C@H](O)c1ccc(Br)cc1. The number of halogens is 2. The molecule has 2 aromatic rings. The van der Waals surface area contributed by atoms with Gasteiger partial charge in [0, 0.05) is 4.47 Å². The predicted molar refractivity (Wildman–Crippen MR) is 69.3 cm³/mol. The summed E-state index contributed by atoms with van der Waals surface area (Å²) < 4.78 is 14.1. The molecule has 17 heavy (non-hydrogen) atoms. The van der Waals surface area contributed by atoms with Gasteiger partial charge in [-0.2, -0.15) is 0 Å². The van der Waals surface area contributed by atoms with Crippen LogP contribution < -0.4 is 0 Å².